The second kappa shape index (κ2) is 13.0. The van der Waals surface area contributed by atoms with E-state index in [9.17, 15) is 31.4 Å². The number of nitrogens with zero attached hydrogens (tertiary/aromatic N) is 4. The van der Waals surface area contributed by atoms with Gasteiger partial charge in [0.25, 0.3) is 0 Å². The summed E-state index contributed by atoms with van der Waals surface area (Å²) in [5, 5.41) is 11.3. The van der Waals surface area contributed by atoms with Gasteiger partial charge in [0.1, 0.15) is 11.4 Å². The normalized spacial score (nSPS) is 16.1. The summed E-state index contributed by atoms with van der Waals surface area (Å²) in [6, 6.07) is 15.3. The van der Waals surface area contributed by atoms with E-state index in [1.807, 2.05) is 4.90 Å². The second-order valence-corrected chi connectivity index (χ2v) is 13.8. The topological polar surface area (TPSA) is 61.7 Å². The molecule has 4 heterocycles. The third kappa shape index (κ3) is 6.72. The van der Waals surface area contributed by atoms with Crippen LogP contribution in [0, 0.1) is 13.8 Å². The Morgan fingerprint density at radius 3 is 1.88 bits per heavy atom. The molecule has 2 aromatic heterocycles. The number of benzene rings is 3. The van der Waals surface area contributed by atoms with Gasteiger partial charge in [-0.1, -0.05) is 43.1 Å². The molecule has 1 fully saturated rings. The summed E-state index contributed by atoms with van der Waals surface area (Å²) in [6.07, 6.45) is -9.14. The van der Waals surface area contributed by atoms with Gasteiger partial charge < -0.3 is 19.6 Å². The molecule has 7 rings (SSSR count). The van der Waals surface area contributed by atoms with Crippen molar-refractivity contribution in [3.8, 4) is 5.75 Å². The van der Waals surface area contributed by atoms with Crippen LogP contribution in [0.25, 0.3) is 21.8 Å². The first-order valence-electron chi connectivity index (χ1n) is 15.6. The first-order valence-corrected chi connectivity index (χ1v) is 16.4. The highest BCUT2D eigenvalue weighted by Crippen LogP contribution is 2.50. The van der Waals surface area contributed by atoms with Crippen LogP contribution in [0.4, 0.5) is 43.4 Å². The fourth-order valence-electron chi connectivity index (χ4n) is 6.63. The number of morpholine rings is 1. The highest BCUT2D eigenvalue weighted by Gasteiger charge is 2.41. The Labute approximate surface area is 294 Å². The number of alkyl halides is 6. The van der Waals surface area contributed by atoms with E-state index in [-0.39, 0.29) is 33.0 Å². The van der Waals surface area contributed by atoms with Crippen LogP contribution in [0.2, 0.25) is 10.0 Å². The highest BCUT2D eigenvalue weighted by atomic mass is 35.5. The number of ether oxygens (including phenoxy) is 1. The van der Waals surface area contributed by atoms with E-state index in [0.717, 1.165) is 30.0 Å². The number of aromatic nitrogens is 2. The fraction of sp³-hybridized carbons (Fsp3) is 0.333. The van der Waals surface area contributed by atoms with Crippen LogP contribution in [0.5, 0.6) is 5.75 Å². The third-order valence-corrected chi connectivity index (χ3v) is 9.52. The average Bonchev–Trinajstić information content (AvgIpc) is 3.31. The quantitative estimate of drug-likeness (QED) is 0.182. The number of pyridine rings is 2. The lowest BCUT2D eigenvalue weighted by molar-refractivity contribution is -0.142. The molecule has 0 saturated carbocycles. The Bertz CT molecular complexity index is 2110. The van der Waals surface area contributed by atoms with Gasteiger partial charge in [0, 0.05) is 68.4 Å². The van der Waals surface area contributed by atoms with E-state index in [2.05, 4.69) is 46.9 Å². The summed E-state index contributed by atoms with van der Waals surface area (Å²) in [6.45, 7) is 10.4. The molecule has 2 aliphatic heterocycles. The standard InChI is InChI=1S/C25H25ClF3N3O.C11H7ClF3NO/c1-15-22(18-12-16(26)4-7-20(18)30-23(15)25(27,28)29)32-14-24(2,3)19-6-5-17(13-21(19)32)31-8-10-33-11-9-31;1-5-9(17)7-4-6(12)2-3-8(7)16-10(5)11(13,14)15/h4-7,12-13H,8-11,14H2,1-3H3;2-4H,1H3,(H,16,17). The second-order valence-electron chi connectivity index (χ2n) is 13.0. The molecule has 0 radical (unpaired) electrons. The summed E-state index contributed by atoms with van der Waals surface area (Å²) in [5.74, 6) is -0.440. The van der Waals surface area contributed by atoms with Crippen molar-refractivity contribution in [2.45, 2.75) is 45.5 Å². The monoisotopic (exact) mass is 736 g/mol. The van der Waals surface area contributed by atoms with Crippen molar-refractivity contribution in [2.75, 3.05) is 42.6 Å². The zero-order chi connectivity index (χ0) is 36.3. The maximum Gasteiger partial charge on any atom is 0.433 e. The fourth-order valence-corrected chi connectivity index (χ4v) is 6.97. The molecule has 14 heteroatoms. The van der Waals surface area contributed by atoms with E-state index in [0.29, 0.717) is 40.9 Å². The minimum Gasteiger partial charge on any atom is -0.507 e. The summed E-state index contributed by atoms with van der Waals surface area (Å²) >= 11 is 12.0. The molecule has 50 heavy (non-hydrogen) atoms. The van der Waals surface area contributed by atoms with Crippen LogP contribution in [-0.2, 0) is 22.5 Å². The van der Waals surface area contributed by atoms with Crippen LogP contribution in [0.15, 0.2) is 54.6 Å². The van der Waals surface area contributed by atoms with Gasteiger partial charge in [-0.3, -0.25) is 0 Å². The van der Waals surface area contributed by atoms with Crippen LogP contribution in [0.1, 0.15) is 41.9 Å². The Morgan fingerprint density at radius 2 is 1.30 bits per heavy atom. The van der Waals surface area contributed by atoms with E-state index in [4.69, 9.17) is 27.9 Å². The molecular formula is C36H32Cl2F6N4O2. The zero-order valence-electron chi connectivity index (χ0n) is 27.4. The molecule has 3 aromatic carbocycles. The molecule has 0 spiro atoms. The maximum absolute atomic E-state index is 14.0. The van der Waals surface area contributed by atoms with Crippen molar-refractivity contribution < 1.29 is 36.2 Å². The lowest BCUT2D eigenvalue weighted by atomic mass is 9.87. The summed E-state index contributed by atoms with van der Waals surface area (Å²) in [4.78, 5) is 11.7. The highest BCUT2D eigenvalue weighted by molar-refractivity contribution is 6.31. The molecule has 0 amide bonds. The minimum atomic E-state index is -4.59. The molecule has 6 nitrogen and oxygen atoms in total. The van der Waals surface area contributed by atoms with Gasteiger partial charge >= 0.3 is 12.4 Å². The number of hydrogen-bond acceptors (Lipinski definition) is 6. The third-order valence-electron chi connectivity index (χ3n) is 9.05. The van der Waals surface area contributed by atoms with Crippen molar-refractivity contribution in [2.24, 2.45) is 0 Å². The van der Waals surface area contributed by atoms with Crippen LogP contribution in [0.3, 0.4) is 0 Å². The molecule has 5 aromatic rings. The van der Waals surface area contributed by atoms with E-state index < -0.39 is 29.5 Å². The van der Waals surface area contributed by atoms with Crippen LogP contribution in [-0.4, -0.2) is 47.9 Å². The molecule has 0 bridgehead atoms. The molecule has 0 atom stereocenters. The molecule has 264 valence electrons. The number of rotatable bonds is 2. The largest absolute Gasteiger partial charge is 0.507 e. The van der Waals surface area contributed by atoms with Gasteiger partial charge in [-0.25, -0.2) is 9.97 Å². The minimum absolute atomic E-state index is 0.0600. The van der Waals surface area contributed by atoms with Crippen molar-refractivity contribution in [3.63, 3.8) is 0 Å². The molecule has 2 aliphatic rings. The average molecular weight is 738 g/mol. The molecular weight excluding hydrogens is 705 g/mol. The van der Waals surface area contributed by atoms with Gasteiger partial charge in [0.15, 0.2) is 5.69 Å². The Morgan fingerprint density at radius 1 is 0.760 bits per heavy atom. The van der Waals surface area contributed by atoms with Crippen LogP contribution >= 0.6 is 23.2 Å². The summed E-state index contributed by atoms with van der Waals surface area (Å²) in [7, 11) is 0. The predicted octanol–water partition coefficient (Wildman–Crippen LogP) is 10.4. The first kappa shape index (κ1) is 35.8. The van der Waals surface area contributed by atoms with Gasteiger partial charge in [-0.2, -0.15) is 26.3 Å². The SMILES string of the molecule is Cc1c(C(F)(F)F)nc2ccc(Cl)cc2c1N1CC(C)(C)c2ccc(N3CCOCC3)cc21.Cc1c(C(F)(F)F)nc2ccc(Cl)cc2c1O. The summed E-state index contributed by atoms with van der Waals surface area (Å²) < 4.78 is 85.2. The predicted molar refractivity (Wildman–Crippen MR) is 184 cm³/mol. The van der Waals surface area contributed by atoms with Crippen molar-refractivity contribution >= 4 is 62.1 Å². The van der Waals surface area contributed by atoms with Crippen molar-refractivity contribution in [3.05, 3.63) is 92.7 Å². The van der Waals surface area contributed by atoms with Crippen molar-refractivity contribution in [1.29, 1.82) is 0 Å². The number of aromatic hydroxyl groups is 1. The lowest BCUT2D eigenvalue weighted by Gasteiger charge is -2.30. The van der Waals surface area contributed by atoms with E-state index in [1.54, 1.807) is 18.2 Å². The van der Waals surface area contributed by atoms with Gasteiger partial charge in [0.2, 0.25) is 0 Å². The molecule has 1 N–H and O–H groups in total. The van der Waals surface area contributed by atoms with Crippen LogP contribution < -0.4 is 9.80 Å². The molecule has 0 aliphatic carbocycles. The number of halogens is 8. The number of hydrogen-bond donors (Lipinski definition) is 1. The smallest absolute Gasteiger partial charge is 0.433 e. The van der Waals surface area contributed by atoms with Gasteiger partial charge in [-0.15, -0.1) is 0 Å². The Balaban J connectivity index is 0.000000214. The van der Waals surface area contributed by atoms with Crippen molar-refractivity contribution in [1.82, 2.24) is 9.97 Å². The maximum atomic E-state index is 14.0. The summed E-state index contributed by atoms with van der Waals surface area (Å²) in [5.41, 5.74) is 1.57. The molecule has 1 saturated heterocycles. The first-order chi connectivity index (χ1) is 23.4. The lowest BCUT2D eigenvalue weighted by Crippen LogP contribution is -2.36. The zero-order valence-corrected chi connectivity index (χ0v) is 28.9. The number of fused-ring (bicyclic) bond motifs is 3. The van der Waals surface area contributed by atoms with Gasteiger partial charge in [0.05, 0.1) is 29.9 Å². The van der Waals surface area contributed by atoms with E-state index in [1.165, 1.54) is 32.0 Å². The van der Waals surface area contributed by atoms with Gasteiger partial charge in [-0.05, 0) is 67.9 Å². The Kier molecular flexibility index (Phi) is 9.28. The Hall–Kier alpha value is -4.00. The number of anilines is 3. The van der Waals surface area contributed by atoms with E-state index >= 15 is 0 Å². The molecule has 0 unspecified atom stereocenters.